The highest BCUT2D eigenvalue weighted by Crippen LogP contribution is 2.48. The minimum absolute atomic E-state index is 0.0690. The summed E-state index contributed by atoms with van der Waals surface area (Å²) in [4.78, 5) is 26.5. The molecule has 6 nitrogen and oxygen atoms in total. The maximum Gasteiger partial charge on any atom is 0.336 e. The van der Waals surface area contributed by atoms with Gasteiger partial charge in [-0.15, -0.1) is 0 Å². The van der Waals surface area contributed by atoms with Crippen LogP contribution < -0.4 is 14.8 Å². The van der Waals surface area contributed by atoms with E-state index >= 15 is 0 Å². The number of ketones is 1. The van der Waals surface area contributed by atoms with Crippen molar-refractivity contribution < 1.29 is 23.8 Å². The van der Waals surface area contributed by atoms with Crippen LogP contribution in [-0.2, 0) is 14.3 Å². The van der Waals surface area contributed by atoms with Gasteiger partial charge in [0.05, 0.1) is 25.4 Å². The Morgan fingerprint density at radius 1 is 1.12 bits per heavy atom. The summed E-state index contributed by atoms with van der Waals surface area (Å²) >= 11 is 0. The molecule has 34 heavy (non-hydrogen) atoms. The highest BCUT2D eigenvalue weighted by Gasteiger charge is 2.43. The van der Waals surface area contributed by atoms with Gasteiger partial charge < -0.3 is 19.5 Å². The van der Waals surface area contributed by atoms with Crippen LogP contribution in [-0.4, -0.2) is 31.6 Å². The summed E-state index contributed by atoms with van der Waals surface area (Å²) in [5.41, 5.74) is 3.47. The molecule has 1 aliphatic heterocycles. The minimum atomic E-state index is -0.503. The van der Waals surface area contributed by atoms with E-state index in [4.69, 9.17) is 14.2 Å². The molecule has 1 aromatic rings. The van der Waals surface area contributed by atoms with E-state index in [0.29, 0.717) is 29.1 Å². The molecule has 0 radical (unpaired) electrons. The predicted molar refractivity (Wildman–Crippen MR) is 131 cm³/mol. The summed E-state index contributed by atoms with van der Waals surface area (Å²) in [6.07, 6.45) is 7.11. The number of rotatable bonds is 6. The van der Waals surface area contributed by atoms with Gasteiger partial charge in [-0.25, -0.2) is 4.79 Å². The van der Waals surface area contributed by atoms with Crippen LogP contribution in [0, 0.1) is 5.41 Å². The second-order valence-corrected chi connectivity index (χ2v) is 10.4. The van der Waals surface area contributed by atoms with E-state index in [1.54, 1.807) is 14.0 Å². The van der Waals surface area contributed by atoms with Gasteiger partial charge in [0.1, 0.15) is 0 Å². The van der Waals surface area contributed by atoms with Gasteiger partial charge in [0.15, 0.2) is 17.3 Å². The highest BCUT2D eigenvalue weighted by atomic mass is 16.5. The lowest BCUT2D eigenvalue weighted by Gasteiger charge is -2.39. The van der Waals surface area contributed by atoms with Gasteiger partial charge in [0, 0.05) is 29.3 Å². The monoisotopic (exact) mass is 467 g/mol. The molecule has 2 aliphatic carbocycles. The maximum absolute atomic E-state index is 13.4. The van der Waals surface area contributed by atoms with Crippen LogP contribution in [0.15, 0.2) is 40.7 Å². The number of carbonyl (C=O) groups is 2. The normalized spacial score (nSPS) is 22.7. The average Bonchev–Trinajstić information content (AvgIpc) is 2.78. The first kappa shape index (κ1) is 24.4. The number of carbonyl (C=O) groups excluding carboxylic acids is 2. The molecule has 6 heteroatoms. The summed E-state index contributed by atoms with van der Waals surface area (Å²) in [5, 5.41) is 3.37. The maximum atomic E-state index is 13.4. The molecular formula is C28H37NO5. The molecule has 1 heterocycles. The Labute approximate surface area is 202 Å². The number of nitrogens with one attached hydrogen (secondary N) is 1. The number of hydrogen-bond donors (Lipinski definition) is 1. The fraction of sp³-hybridized carbons (Fsp3) is 0.571. The third kappa shape index (κ3) is 4.86. The SMILES string of the molecule is CCOC(=O)C1=C(C)NC2=C(C(=O)CC(C)(C)C2)C1c1ccc(OC2CCCCC2)c(OC)c1. The van der Waals surface area contributed by atoms with Crippen molar-refractivity contribution in [2.75, 3.05) is 13.7 Å². The van der Waals surface area contributed by atoms with Gasteiger partial charge in [0.2, 0.25) is 0 Å². The molecule has 1 N–H and O–H groups in total. The Morgan fingerprint density at radius 3 is 2.53 bits per heavy atom. The number of dihydropyridines is 1. The molecule has 0 spiro atoms. The van der Waals surface area contributed by atoms with Gasteiger partial charge >= 0.3 is 5.97 Å². The zero-order chi connectivity index (χ0) is 24.5. The average molecular weight is 468 g/mol. The van der Waals surface area contributed by atoms with E-state index in [-0.39, 0.29) is 23.9 Å². The molecule has 0 saturated heterocycles. The second kappa shape index (κ2) is 9.85. The second-order valence-electron chi connectivity index (χ2n) is 10.4. The lowest BCUT2D eigenvalue weighted by atomic mass is 9.68. The first-order valence-electron chi connectivity index (χ1n) is 12.5. The van der Waals surface area contributed by atoms with Gasteiger partial charge in [-0.2, -0.15) is 0 Å². The zero-order valence-corrected chi connectivity index (χ0v) is 21.1. The first-order chi connectivity index (χ1) is 16.2. The first-order valence-corrected chi connectivity index (χ1v) is 12.5. The van der Waals surface area contributed by atoms with Gasteiger partial charge in [-0.1, -0.05) is 26.3 Å². The number of methoxy groups -OCH3 is 1. The topological polar surface area (TPSA) is 73.9 Å². The lowest BCUT2D eigenvalue weighted by Crippen LogP contribution is -2.38. The Kier molecular flexibility index (Phi) is 7.06. The van der Waals surface area contributed by atoms with E-state index in [1.165, 1.54) is 19.3 Å². The van der Waals surface area contributed by atoms with E-state index in [1.807, 2.05) is 25.1 Å². The van der Waals surface area contributed by atoms with Gasteiger partial charge in [-0.3, -0.25) is 4.79 Å². The third-order valence-corrected chi connectivity index (χ3v) is 7.10. The molecule has 0 aromatic heterocycles. The Bertz CT molecular complexity index is 1030. The Hall–Kier alpha value is -2.76. The number of benzene rings is 1. The number of esters is 1. The van der Waals surface area contributed by atoms with E-state index < -0.39 is 11.9 Å². The number of allylic oxidation sites excluding steroid dienone is 3. The zero-order valence-electron chi connectivity index (χ0n) is 21.1. The van der Waals surface area contributed by atoms with E-state index in [2.05, 4.69) is 19.2 Å². The molecule has 1 fully saturated rings. The number of hydrogen-bond acceptors (Lipinski definition) is 6. The fourth-order valence-corrected chi connectivity index (χ4v) is 5.57. The Balaban J connectivity index is 1.77. The smallest absolute Gasteiger partial charge is 0.336 e. The van der Waals surface area contributed by atoms with Crippen LogP contribution >= 0.6 is 0 Å². The molecular weight excluding hydrogens is 430 g/mol. The van der Waals surface area contributed by atoms with Crippen LogP contribution in [0.3, 0.4) is 0 Å². The predicted octanol–water partition coefficient (Wildman–Crippen LogP) is 5.57. The summed E-state index contributed by atoms with van der Waals surface area (Å²) in [7, 11) is 1.63. The van der Waals surface area contributed by atoms with Crippen molar-refractivity contribution >= 4 is 11.8 Å². The number of Topliss-reactive ketones (excluding diaryl/α,β-unsaturated/α-hetero) is 1. The van der Waals surface area contributed by atoms with Crippen LogP contribution in [0.4, 0.5) is 0 Å². The molecule has 1 saturated carbocycles. The van der Waals surface area contributed by atoms with Crippen LogP contribution in [0.2, 0.25) is 0 Å². The van der Waals surface area contributed by atoms with Crippen molar-refractivity contribution in [2.24, 2.45) is 5.41 Å². The van der Waals surface area contributed by atoms with Crippen molar-refractivity contribution in [3.8, 4) is 11.5 Å². The van der Waals surface area contributed by atoms with E-state index in [0.717, 1.165) is 36.2 Å². The fourth-order valence-electron chi connectivity index (χ4n) is 5.57. The minimum Gasteiger partial charge on any atom is -0.493 e. The summed E-state index contributed by atoms with van der Waals surface area (Å²) in [5.74, 6) is 0.489. The summed E-state index contributed by atoms with van der Waals surface area (Å²) in [6.45, 7) is 8.15. The van der Waals surface area contributed by atoms with Crippen molar-refractivity contribution in [1.82, 2.24) is 5.32 Å². The van der Waals surface area contributed by atoms with Crippen molar-refractivity contribution in [3.05, 3.63) is 46.3 Å². The third-order valence-electron chi connectivity index (χ3n) is 7.10. The van der Waals surface area contributed by atoms with Gasteiger partial charge in [-0.05, 0) is 69.1 Å². The summed E-state index contributed by atoms with van der Waals surface area (Å²) < 4.78 is 17.4. The van der Waals surface area contributed by atoms with Crippen LogP contribution in [0.25, 0.3) is 0 Å². The van der Waals surface area contributed by atoms with Gasteiger partial charge in [0.25, 0.3) is 0 Å². The quantitative estimate of drug-likeness (QED) is 0.551. The lowest BCUT2D eigenvalue weighted by molar-refractivity contribution is -0.138. The molecule has 1 unspecified atom stereocenters. The van der Waals surface area contributed by atoms with Crippen LogP contribution in [0.1, 0.15) is 84.1 Å². The molecule has 184 valence electrons. The number of ether oxygens (including phenoxy) is 3. The molecule has 0 bridgehead atoms. The molecule has 1 aromatic carbocycles. The standard InChI is InChI=1S/C28H37NO5/c1-6-33-27(31)24-17(2)29-20-15-28(3,4)16-21(30)26(20)25(24)18-12-13-22(23(14-18)32-5)34-19-10-8-7-9-11-19/h12-14,19,25,29H,6-11,15-16H2,1-5H3. The highest BCUT2D eigenvalue weighted by molar-refractivity contribution is 6.04. The Morgan fingerprint density at radius 2 is 1.85 bits per heavy atom. The van der Waals surface area contributed by atoms with Crippen molar-refractivity contribution in [3.63, 3.8) is 0 Å². The molecule has 0 amide bonds. The van der Waals surface area contributed by atoms with Crippen molar-refractivity contribution in [1.29, 1.82) is 0 Å². The molecule has 4 rings (SSSR count). The molecule has 3 aliphatic rings. The van der Waals surface area contributed by atoms with Crippen molar-refractivity contribution in [2.45, 2.75) is 84.7 Å². The van der Waals surface area contributed by atoms with E-state index in [9.17, 15) is 9.59 Å². The largest absolute Gasteiger partial charge is 0.493 e. The molecule has 1 atom stereocenters. The van der Waals surface area contributed by atoms with Crippen LogP contribution in [0.5, 0.6) is 11.5 Å². The summed E-state index contributed by atoms with van der Waals surface area (Å²) in [6, 6.07) is 5.79.